The molecule has 88 valence electrons. The van der Waals surface area contributed by atoms with Crippen LogP contribution in [0.15, 0.2) is 35.7 Å². The van der Waals surface area contributed by atoms with Gasteiger partial charge in [0.1, 0.15) is 0 Å². The van der Waals surface area contributed by atoms with Crippen molar-refractivity contribution >= 4 is 16.3 Å². The van der Waals surface area contributed by atoms with Crippen LogP contribution in [-0.2, 0) is 0 Å². The second-order valence-electron chi connectivity index (χ2n) is 4.68. The summed E-state index contributed by atoms with van der Waals surface area (Å²) < 4.78 is 2.66. The molecule has 0 aliphatic carbocycles. The smallest absolute Gasteiger partial charge is 0.00777 e. The van der Waals surface area contributed by atoms with Crippen LogP contribution in [0.1, 0.15) is 18.4 Å². The molecule has 0 bridgehead atoms. The van der Waals surface area contributed by atoms with E-state index in [0.717, 1.165) is 0 Å². The van der Waals surface area contributed by atoms with Gasteiger partial charge in [-0.15, -0.1) is 0 Å². The summed E-state index contributed by atoms with van der Waals surface area (Å²) >= 11 is 0. The molecule has 2 heteroatoms. The SMILES string of the molecule is C=Cc1ccc(S(C)(C)N2CCCC2)cc1. The van der Waals surface area contributed by atoms with Gasteiger partial charge in [-0.2, -0.15) is 10.2 Å². The van der Waals surface area contributed by atoms with Crippen molar-refractivity contribution in [2.24, 2.45) is 0 Å². The lowest BCUT2D eigenvalue weighted by Gasteiger charge is -2.41. The molecule has 1 aliphatic rings. The van der Waals surface area contributed by atoms with Gasteiger partial charge in [0, 0.05) is 18.0 Å². The van der Waals surface area contributed by atoms with Gasteiger partial charge in [-0.25, -0.2) is 0 Å². The molecule has 1 heterocycles. The zero-order valence-electron chi connectivity index (χ0n) is 10.3. The Labute approximate surface area is 101 Å². The molecule has 2 rings (SSSR count). The van der Waals surface area contributed by atoms with E-state index in [9.17, 15) is 0 Å². The molecular formula is C14H21NS. The summed E-state index contributed by atoms with van der Waals surface area (Å²) in [7, 11) is -0.765. The second kappa shape index (κ2) is 4.64. The highest BCUT2D eigenvalue weighted by atomic mass is 32.3. The number of benzene rings is 1. The Morgan fingerprint density at radius 3 is 2.19 bits per heavy atom. The summed E-state index contributed by atoms with van der Waals surface area (Å²) in [5.74, 6) is 0. The number of rotatable bonds is 3. The minimum absolute atomic E-state index is 0.765. The van der Waals surface area contributed by atoms with E-state index in [1.54, 1.807) is 0 Å². The summed E-state index contributed by atoms with van der Waals surface area (Å²) in [6, 6.07) is 8.88. The highest BCUT2D eigenvalue weighted by molar-refractivity contribution is 8.30. The van der Waals surface area contributed by atoms with Crippen LogP contribution >= 0.6 is 10.2 Å². The first-order valence-electron chi connectivity index (χ1n) is 5.85. The van der Waals surface area contributed by atoms with Crippen molar-refractivity contribution in [1.82, 2.24) is 4.31 Å². The maximum Gasteiger partial charge on any atom is 0.00777 e. The average Bonchev–Trinajstić information content (AvgIpc) is 2.83. The van der Waals surface area contributed by atoms with Gasteiger partial charge in [0.25, 0.3) is 0 Å². The lowest BCUT2D eigenvalue weighted by molar-refractivity contribution is 0.571. The van der Waals surface area contributed by atoms with Crippen LogP contribution in [-0.4, -0.2) is 29.9 Å². The predicted octanol–water partition coefficient (Wildman–Crippen LogP) is 3.76. The first-order valence-corrected chi connectivity index (χ1v) is 8.26. The Kier molecular flexibility index (Phi) is 3.41. The molecule has 0 aromatic heterocycles. The number of hydrogen-bond donors (Lipinski definition) is 0. The van der Waals surface area contributed by atoms with Gasteiger partial charge in [0.2, 0.25) is 0 Å². The molecule has 1 aromatic rings. The van der Waals surface area contributed by atoms with Crippen molar-refractivity contribution < 1.29 is 0 Å². The van der Waals surface area contributed by atoms with Gasteiger partial charge in [0.05, 0.1) is 0 Å². The fourth-order valence-electron chi connectivity index (χ4n) is 2.23. The van der Waals surface area contributed by atoms with Crippen LogP contribution in [0.5, 0.6) is 0 Å². The molecule has 0 unspecified atom stereocenters. The van der Waals surface area contributed by atoms with Gasteiger partial charge in [-0.3, -0.25) is 4.31 Å². The average molecular weight is 235 g/mol. The van der Waals surface area contributed by atoms with E-state index >= 15 is 0 Å². The zero-order valence-corrected chi connectivity index (χ0v) is 11.1. The normalized spacial score (nSPS) is 18.6. The molecule has 1 nitrogen and oxygen atoms in total. The Bertz CT molecular complexity index is 361. The zero-order chi connectivity index (χ0) is 11.6. The molecule has 0 amide bonds. The molecule has 16 heavy (non-hydrogen) atoms. The summed E-state index contributed by atoms with van der Waals surface area (Å²) in [5, 5.41) is 0. The second-order valence-corrected chi connectivity index (χ2v) is 8.22. The first-order chi connectivity index (χ1) is 7.64. The molecule has 1 fully saturated rings. The Balaban J connectivity index is 2.23. The van der Waals surface area contributed by atoms with E-state index in [2.05, 4.69) is 47.7 Å². The van der Waals surface area contributed by atoms with Gasteiger partial charge in [0.15, 0.2) is 0 Å². The molecule has 0 atom stereocenters. The van der Waals surface area contributed by atoms with E-state index in [1.165, 1.54) is 36.4 Å². The van der Waals surface area contributed by atoms with Gasteiger partial charge >= 0.3 is 0 Å². The lowest BCUT2D eigenvalue weighted by Crippen LogP contribution is -2.23. The van der Waals surface area contributed by atoms with Crippen molar-refractivity contribution in [1.29, 1.82) is 0 Å². The molecule has 1 saturated heterocycles. The molecular weight excluding hydrogens is 214 g/mol. The topological polar surface area (TPSA) is 3.24 Å². The summed E-state index contributed by atoms with van der Waals surface area (Å²) in [4.78, 5) is 1.49. The molecule has 1 aliphatic heterocycles. The highest BCUT2D eigenvalue weighted by Crippen LogP contribution is 2.53. The minimum atomic E-state index is -0.765. The Morgan fingerprint density at radius 1 is 1.12 bits per heavy atom. The predicted molar refractivity (Wildman–Crippen MR) is 75.0 cm³/mol. The van der Waals surface area contributed by atoms with Gasteiger partial charge < -0.3 is 0 Å². The third-order valence-corrected chi connectivity index (χ3v) is 6.49. The largest absolute Gasteiger partial charge is 0.264 e. The van der Waals surface area contributed by atoms with E-state index in [1.807, 2.05) is 6.08 Å². The standard InChI is InChI=1S/C14H21NS/c1-4-13-7-9-14(10-8-13)16(2,3)15-11-5-6-12-15/h4,7-10H,1,5-6,11-12H2,2-3H3. The van der Waals surface area contributed by atoms with Crippen molar-refractivity contribution in [2.75, 3.05) is 25.6 Å². The third-order valence-electron chi connectivity index (χ3n) is 3.40. The monoisotopic (exact) mass is 235 g/mol. The quantitative estimate of drug-likeness (QED) is 0.771. The van der Waals surface area contributed by atoms with Crippen LogP contribution in [0.3, 0.4) is 0 Å². The minimum Gasteiger partial charge on any atom is -0.264 e. The molecule has 1 aromatic carbocycles. The summed E-state index contributed by atoms with van der Waals surface area (Å²) in [5.41, 5.74) is 1.21. The van der Waals surface area contributed by atoms with E-state index in [0.29, 0.717) is 0 Å². The van der Waals surface area contributed by atoms with Crippen molar-refractivity contribution in [3.05, 3.63) is 36.4 Å². The van der Waals surface area contributed by atoms with E-state index in [4.69, 9.17) is 0 Å². The summed E-state index contributed by atoms with van der Waals surface area (Å²) in [6.07, 6.45) is 9.44. The Hall–Kier alpha value is -0.730. The maximum absolute atomic E-state index is 3.80. The molecule has 0 spiro atoms. The number of nitrogens with zero attached hydrogens (tertiary/aromatic N) is 1. The van der Waals surface area contributed by atoms with Crippen molar-refractivity contribution in [2.45, 2.75) is 17.7 Å². The van der Waals surface area contributed by atoms with Crippen LogP contribution in [0.25, 0.3) is 6.08 Å². The van der Waals surface area contributed by atoms with E-state index < -0.39 is 10.2 Å². The molecule has 0 N–H and O–H groups in total. The molecule has 0 saturated carbocycles. The summed E-state index contributed by atoms with van der Waals surface area (Å²) in [6.45, 7) is 6.34. The fourth-order valence-corrected chi connectivity index (χ4v) is 4.50. The first kappa shape index (κ1) is 11.7. The van der Waals surface area contributed by atoms with Crippen molar-refractivity contribution in [3.63, 3.8) is 0 Å². The highest BCUT2D eigenvalue weighted by Gasteiger charge is 2.25. The lowest BCUT2D eigenvalue weighted by atomic mass is 10.2. The molecule has 0 radical (unpaired) electrons. The Morgan fingerprint density at radius 2 is 1.69 bits per heavy atom. The number of hydrogen-bond acceptors (Lipinski definition) is 1. The van der Waals surface area contributed by atoms with Gasteiger partial charge in [-0.05, 0) is 43.0 Å². The van der Waals surface area contributed by atoms with Crippen LogP contribution in [0.4, 0.5) is 0 Å². The van der Waals surface area contributed by atoms with Crippen LogP contribution in [0.2, 0.25) is 0 Å². The van der Waals surface area contributed by atoms with Crippen molar-refractivity contribution in [3.8, 4) is 0 Å². The van der Waals surface area contributed by atoms with Crippen LogP contribution < -0.4 is 0 Å². The fraction of sp³-hybridized carbons (Fsp3) is 0.429. The maximum atomic E-state index is 3.80. The van der Waals surface area contributed by atoms with Crippen LogP contribution in [0, 0.1) is 0 Å². The third kappa shape index (κ3) is 2.18. The van der Waals surface area contributed by atoms with E-state index in [-0.39, 0.29) is 0 Å². The van der Waals surface area contributed by atoms with Gasteiger partial charge in [-0.1, -0.05) is 24.8 Å².